The van der Waals surface area contributed by atoms with Gasteiger partial charge in [0.25, 0.3) is 0 Å². The van der Waals surface area contributed by atoms with Crippen LogP contribution in [0.15, 0.2) is 36.5 Å². The lowest BCUT2D eigenvalue weighted by Gasteiger charge is -2.35. The van der Waals surface area contributed by atoms with Crippen LogP contribution >= 0.6 is 11.6 Å². The fourth-order valence-electron chi connectivity index (χ4n) is 3.80. The summed E-state index contributed by atoms with van der Waals surface area (Å²) >= 11 is 5.89. The van der Waals surface area contributed by atoms with E-state index in [9.17, 15) is 0 Å². The van der Waals surface area contributed by atoms with Gasteiger partial charge in [0.2, 0.25) is 0 Å². The van der Waals surface area contributed by atoms with E-state index in [2.05, 4.69) is 40.4 Å². The summed E-state index contributed by atoms with van der Waals surface area (Å²) in [7, 11) is 1.71. The van der Waals surface area contributed by atoms with Crippen LogP contribution < -0.4 is 10.1 Å². The normalized spacial score (nSPS) is 19.8. The SMILES string of the molecule is COc1ccc2[nH]c3c(c2c1)CCN[C@@]3(C)CCc1ccc(Cl)nc1. The van der Waals surface area contributed by atoms with Crippen molar-refractivity contribution in [3.63, 3.8) is 0 Å². The lowest BCUT2D eigenvalue weighted by molar-refractivity contribution is 0.316. The summed E-state index contributed by atoms with van der Waals surface area (Å²) in [6, 6.07) is 10.2. The summed E-state index contributed by atoms with van der Waals surface area (Å²) in [6.07, 6.45) is 4.84. The topological polar surface area (TPSA) is 49.9 Å². The molecule has 0 spiro atoms. The molecule has 1 aliphatic heterocycles. The molecule has 3 heterocycles. The van der Waals surface area contributed by atoms with Crippen molar-refractivity contribution in [3.05, 3.63) is 58.5 Å². The Morgan fingerprint density at radius 2 is 2.16 bits per heavy atom. The predicted molar refractivity (Wildman–Crippen MR) is 101 cm³/mol. The summed E-state index contributed by atoms with van der Waals surface area (Å²) < 4.78 is 5.40. The third-order valence-corrected chi connectivity index (χ3v) is 5.48. The molecule has 1 aliphatic rings. The van der Waals surface area contributed by atoms with E-state index in [4.69, 9.17) is 16.3 Å². The lowest BCUT2D eigenvalue weighted by Crippen LogP contribution is -2.45. The Hall–Kier alpha value is -2.04. The quantitative estimate of drug-likeness (QED) is 0.689. The number of halogens is 1. The minimum Gasteiger partial charge on any atom is -0.497 e. The van der Waals surface area contributed by atoms with E-state index >= 15 is 0 Å². The second kappa shape index (κ2) is 6.36. The molecule has 0 saturated heterocycles. The van der Waals surface area contributed by atoms with Crippen molar-refractivity contribution >= 4 is 22.5 Å². The van der Waals surface area contributed by atoms with Gasteiger partial charge in [-0.25, -0.2) is 4.98 Å². The molecule has 0 fully saturated rings. The fraction of sp³-hybridized carbons (Fsp3) is 0.350. The van der Waals surface area contributed by atoms with Crippen molar-refractivity contribution in [2.45, 2.75) is 31.7 Å². The van der Waals surface area contributed by atoms with Crippen LogP contribution in [0.1, 0.15) is 30.2 Å². The van der Waals surface area contributed by atoms with E-state index < -0.39 is 0 Å². The van der Waals surface area contributed by atoms with Crippen molar-refractivity contribution in [2.75, 3.05) is 13.7 Å². The summed E-state index contributed by atoms with van der Waals surface area (Å²) in [4.78, 5) is 7.84. The van der Waals surface area contributed by atoms with Gasteiger partial charge in [-0.1, -0.05) is 17.7 Å². The van der Waals surface area contributed by atoms with Crippen LogP contribution in [0.25, 0.3) is 10.9 Å². The number of fused-ring (bicyclic) bond motifs is 3. The lowest BCUT2D eigenvalue weighted by atomic mass is 9.84. The van der Waals surface area contributed by atoms with Gasteiger partial charge in [-0.2, -0.15) is 0 Å². The second-order valence-corrected chi connectivity index (χ2v) is 7.28. The number of aromatic amines is 1. The molecule has 3 aromatic rings. The molecule has 0 unspecified atom stereocenters. The number of H-pyrrole nitrogens is 1. The van der Waals surface area contributed by atoms with Gasteiger partial charge in [0.05, 0.1) is 12.6 Å². The highest BCUT2D eigenvalue weighted by atomic mass is 35.5. The molecule has 0 radical (unpaired) electrons. The summed E-state index contributed by atoms with van der Waals surface area (Å²) in [5, 5.41) is 5.53. The van der Waals surface area contributed by atoms with Crippen molar-refractivity contribution < 1.29 is 4.74 Å². The Bertz CT molecular complexity index is 903. The van der Waals surface area contributed by atoms with Crippen molar-refractivity contribution in [3.8, 4) is 5.75 Å². The maximum atomic E-state index is 5.89. The third-order valence-electron chi connectivity index (χ3n) is 5.26. The fourth-order valence-corrected chi connectivity index (χ4v) is 3.91. The molecule has 2 N–H and O–H groups in total. The highest BCUT2D eigenvalue weighted by Gasteiger charge is 2.34. The van der Waals surface area contributed by atoms with Crippen LogP contribution in [0, 0.1) is 0 Å². The minimum absolute atomic E-state index is 0.0839. The molecular formula is C20H22ClN3O. The number of ether oxygens (including phenoxy) is 1. The van der Waals surface area contributed by atoms with Crippen molar-refractivity contribution in [2.24, 2.45) is 0 Å². The molecule has 0 bridgehead atoms. The van der Waals surface area contributed by atoms with E-state index in [-0.39, 0.29) is 5.54 Å². The average molecular weight is 356 g/mol. The van der Waals surface area contributed by atoms with E-state index in [1.165, 1.54) is 27.7 Å². The summed E-state index contributed by atoms with van der Waals surface area (Å²) in [5.41, 5.74) is 5.00. The highest BCUT2D eigenvalue weighted by molar-refractivity contribution is 6.29. The molecule has 4 rings (SSSR count). The molecule has 0 amide bonds. The van der Waals surface area contributed by atoms with E-state index in [1.807, 2.05) is 18.3 Å². The number of nitrogens with zero attached hydrogens (tertiary/aromatic N) is 1. The van der Waals surface area contributed by atoms with Gasteiger partial charge in [0.1, 0.15) is 10.9 Å². The van der Waals surface area contributed by atoms with Crippen LogP contribution in [0.2, 0.25) is 5.15 Å². The number of benzene rings is 1. The van der Waals surface area contributed by atoms with Crippen LogP contribution in [0.5, 0.6) is 5.75 Å². The van der Waals surface area contributed by atoms with Gasteiger partial charge in [-0.3, -0.25) is 0 Å². The number of aryl methyl sites for hydroxylation is 1. The summed E-state index contributed by atoms with van der Waals surface area (Å²) in [5.74, 6) is 0.904. The number of nitrogens with one attached hydrogen (secondary N) is 2. The molecule has 2 aromatic heterocycles. The first-order valence-corrected chi connectivity index (χ1v) is 9.01. The van der Waals surface area contributed by atoms with Crippen LogP contribution in [-0.4, -0.2) is 23.6 Å². The van der Waals surface area contributed by atoms with Gasteiger partial charge in [-0.05, 0) is 61.6 Å². The predicted octanol–water partition coefficient (Wildman–Crippen LogP) is 4.22. The molecule has 1 atom stereocenters. The molecule has 4 nitrogen and oxygen atoms in total. The highest BCUT2D eigenvalue weighted by Crippen LogP contribution is 2.37. The molecule has 1 aromatic carbocycles. The van der Waals surface area contributed by atoms with E-state index in [0.29, 0.717) is 5.15 Å². The third kappa shape index (κ3) is 3.00. The number of hydrogen-bond acceptors (Lipinski definition) is 3. The van der Waals surface area contributed by atoms with Crippen molar-refractivity contribution in [1.82, 2.24) is 15.3 Å². The number of methoxy groups -OCH3 is 1. The van der Waals surface area contributed by atoms with E-state index in [1.54, 1.807) is 7.11 Å². The zero-order valence-corrected chi connectivity index (χ0v) is 15.3. The molecular weight excluding hydrogens is 334 g/mol. The monoisotopic (exact) mass is 355 g/mol. The average Bonchev–Trinajstić information content (AvgIpc) is 3.01. The zero-order chi connectivity index (χ0) is 17.4. The van der Waals surface area contributed by atoms with Crippen LogP contribution in [-0.2, 0) is 18.4 Å². The molecule has 25 heavy (non-hydrogen) atoms. The minimum atomic E-state index is -0.0839. The largest absolute Gasteiger partial charge is 0.497 e. The van der Waals surface area contributed by atoms with Crippen LogP contribution in [0.4, 0.5) is 0 Å². The van der Waals surface area contributed by atoms with Crippen LogP contribution in [0.3, 0.4) is 0 Å². The summed E-state index contributed by atoms with van der Waals surface area (Å²) in [6.45, 7) is 3.26. The molecule has 5 heteroatoms. The Labute approximate surface area is 152 Å². The van der Waals surface area contributed by atoms with E-state index in [0.717, 1.165) is 31.6 Å². The van der Waals surface area contributed by atoms with Crippen molar-refractivity contribution in [1.29, 1.82) is 0 Å². The Kier molecular flexibility index (Phi) is 4.18. The van der Waals surface area contributed by atoms with Gasteiger partial charge >= 0.3 is 0 Å². The Morgan fingerprint density at radius 1 is 1.28 bits per heavy atom. The number of hydrogen-bond donors (Lipinski definition) is 2. The number of aromatic nitrogens is 2. The molecule has 130 valence electrons. The molecule has 0 saturated carbocycles. The zero-order valence-electron chi connectivity index (χ0n) is 14.5. The maximum Gasteiger partial charge on any atom is 0.129 e. The standard InChI is InChI=1S/C20H22ClN3O/c1-20(9-7-13-3-6-18(21)22-12-13)19-15(8-10-23-20)16-11-14(25-2)4-5-17(16)24-19/h3-6,11-12,23-24H,7-10H2,1-2H3/t20-/m0/s1. The van der Waals surface area contributed by atoms with Gasteiger partial charge in [0, 0.05) is 29.3 Å². The van der Waals surface area contributed by atoms with Gasteiger partial charge in [0.15, 0.2) is 0 Å². The number of rotatable bonds is 4. The smallest absolute Gasteiger partial charge is 0.129 e. The Morgan fingerprint density at radius 3 is 2.92 bits per heavy atom. The first-order chi connectivity index (χ1) is 12.1. The maximum absolute atomic E-state index is 5.89. The Balaban J connectivity index is 1.66. The number of pyridine rings is 1. The van der Waals surface area contributed by atoms with Gasteiger partial charge < -0.3 is 15.0 Å². The first-order valence-electron chi connectivity index (χ1n) is 8.63. The molecule has 0 aliphatic carbocycles. The first kappa shape index (κ1) is 16.4. The second-order valence-electron chi connectivity index (χ2n) is 6.89. The van der Waals surface area contributed by atoms with Gasteiger partial charge in [-0.15, -0.1) is 0 Å².